The highest BCUT2D eigenvalue weighted by molar-refractivity contribution is 5.97. The Morgan fingerprint density at radius 1 is 1.47 bits per heavy atom. The molecule has 0 saturated heterocycles. The van der Waals surface area contributed by atoms with Gasteiger partial charge in [-0.2, -0.15) is 0 Å². The molecule has 0 aromatic carbocycles. The van der Waals surface area contributed by atoms with Crippen molar-refractivity contribution >= 4 is 11.8 Å². The second-order valence-electron chi connectivity index (χ2n) is 4.26. The van der Waals surface area contributed by atoms with Crippen molar-refractivity contribution in [1.82, 2.24) is 10.2 Å². The summed E-state index contributed by atoms with van der Waals surface area (Å²) >= 11 is 0. The summed E-state index contributed by atoms with van der Waals surface area (Å²) in [6, 6.07) is 0.893. The second-order valence-corrected chi connectivity index (χ2v) is 4.26. The molecule has 2 N–H and O–H groups in total. The van der Waals surface area contributed by atoms with Crippen molar-refractivity contribution < 1.29 is 19.1 Å². The molecule has 0 aliphatic rings. The van der Waals surface area contributed by atoms with Gasteiger partial charge < -0.3 is 19.7 Å². The first-order valence-corrected chi connectivity index (χ1v) is 6.32. The van der Waals surface area contributed by atoms with E-state index in [4.69, 9.17) is 9.52 Å². The van der Waals surface area contributed by atoms with Crippen LogP contribution in [0, 0.1) is 0 Å². The first-order valence-electron chi connectivity index (χ1n) is 6.32. The molecule has 0 aliphatic carbocycles. The third-order valence-corrected chi connectivity index (χ3v) is 2.68. The third-order valence-electron chi connectivity index (χ3n) is 2.68. The molecule has 1 unspecified atom stereocenters. The van der Waals surface area contributed by atoms with E-state index in [-0.39, 0.29) is 25.0 Å². The Morgan fingerprint density at radius 2 is 2.21 bits per heavy atom. The van der Waals surface area contributed by atoms with Crippen LogP contribution in [0.1, 0.15) is 30.6 Å². The molecule has 0 radical (unpaired) electrons. The van der Waals surface area contributed by atoms with Crippen molar-refractivity contribution in [3.05, 3.63) is 24.2 Å². The zero-order valence-electron chi connectivity index (χ0n) is 11.3. The van der Waals surface area contributed by atoms with Gasteiger partial charge in [0.1, 0.15) is 12.3 Å². The smallest absolute Gasteiger partial charge is 0.255 e. The van der Waals surface area contributed by atoms with Crippen LogP contribution in [0.5, 0.6) is 0 Å². The highest BCUT2D eigenvalue weighted by atomic mass is 16.3. The molecule has 1 aromatic rings. The third kappa shape index (κ3) is 4.40. The van der Waals surface area contributed by atoms with Crippen LogP contribution in [0.3, 0.4) is 0 Å². The quantitative estimate of drug-likeness (QED) is 0.759. The SMILES string of the molecule is CCCN(CCO)C(=O)C(C)NC(=O)c1ccoc1. The van der Waals surface area contributed by atoms with Crippen LogP contribution in [0.4, 0.5) is 0 Å². The summed E-state index contributed by atoms with van der Waals surface area (Å²) in [6.07, 6.45) is 3.52. The van der Waals surface area contributed by atoms with Crippen molar-refractivity contribution in [3.8, 4) is 0 Å². The topological polar surface area (TPSA) is 82.8 Å². The summed E-state index contributed by atoms with van der Waals surface area (Å²) in [4.78, 5) is 25.4. The lowest BCUT2D eigenvalue weighted by Crippen LogP contribution is -2.48. The molecule has 1 atom stereocenters. The van der Waals surface area contributed by atoms with E-state index in [2.05, 4.69) is 5.32 Å². The van der Waals surface area contributed by atoms with Gasteiger partial charge >= 0.3 is 0 Å². The molecule has 106 valence electrons. The normalized spacial score (nSPS) is 11.9. The minimum atomic E-state index is -0.638. The number of amides is 2. The van der Waals surface area contributed by atoms with Crippen LogP contribution in [0.2, 0.25) is 0 Å². The number of hydrogen-bond donors (Lipinski definition) is 2. The molecular weight excluding hydrogens is 248 g/mol. The largest absolute Gasteiger partial charge is 0.472 e. The summed E-state index contributed by atoms with van der Waals surface area (Å²) in [5.41, 5.74) is 0.379. The lowest BCUT2D eigenvalue weighted by atomic mass is 10.2. The Labute approximate surface area is 112 Å². The lowest BCUT2D eigenvalue weighted by Gasteiger charge is -2.25. The Balaban J connectivity index is 2.57. The fourth-order valence-corrected chi connectivity index (χ4v) is 1.73. The summed E-state index contributed by atoms with van der Waals surface area (Å²) in [6.45, 7) is 4.32. The summed E-state index contributed by atoms with van der Waals surface area (Å²) in [7, 11) is 0. The van der Waals surface area contributed by atoms with Gasteiger partial charge in [-0.3, -0.25) is 9.59 Å². The van der Waals surface area contributed by atoms with Crippen LogP contribution >= 0.6 is 0 Å². The number of carbonyl (C=O) groups excluding carboxylic acids is 2. The first-order chi connectivity index (χ1) is 9.10. The molecule has 6 nitrogen and oxygen atoms in total. The van der Waals surface area contributed by atoms with E-state index >= 15 is 0 Å². The summed E-state index contributed by atoms with van der Waals surface area (Å²) in [5.74, 6) is -0.553. The van der Waals surface area contributed by atoms with Gasteiger partial charge in [0.2, 0.25) is 5.91 Å². The fraction of sp³-hybridized carbons (Fsp3) is 0.538. The standard InChI is InChI=1S/C13H20N2O4/c1-3-5-15(6-7-16)13(18)10(2)14-12(17)11-4-8-19-9-11/h4,8-10,16H,3,5-7H2,1-2H3,(H,14,17). The number of rotatable bonds is 7. The molecule has 1 rings (SSSR count). The van der Waals surface area contributed by atoms with E-state index in [0.717, 1.165) is 6.42 Å². The Bertz CT molecular complexity index is 397. The van der Waals surface area contributed by atoms with Crippen LogP contribution < -0.4 is 5.32 Å². The second kappa shape index (κ2) is 7.58. The van der Waals surface area contributed by atoms with Crippen LogP contribution in [0.15, 0.2) is 23.0 Å². The van der Waals surface area contributed by atoms with Gasteiger partial charge in [0.25, 0.3) is 5.91 Å². The molecule has 0 fully saturated rings. The highest BCUT2D eigenvalue weighted by Crippen LogP contribution is 2.02. The molecule has 0 saturated carbocycles. The van der Waals surface area contributed by atoms with Gasteiger partial charge in [-0.05, 0) is 19.4 Å². The van der Waals surface area contributed by atoms with E-state index in [9.17, 15) is 9.59 Å². The maximum atomic E-state index is 12.1. The maximum Gasteiger partial charge on any atom is 0.255 e. The average molecular weight is 268 g/mol. The number of aliphatic hydroxyl groups excluding tert-OH is 1. The molecule has 19 heavy (non-hydrogen) atoms. The number of furan rings is 1. The Hall–Kier alpha value is -1.82. The van der Waals surface area contributed by atoms with Crippen LogP contribution in [0.25, 0.3) is 0 Å². The highest BCUT2D eigenvalue weighted by Gasteiger charge is 2.21. The van der Waals surface area contributed by atoms with Crippen molar-refractivity contribution in [2.75, 3.05) is 19.7 Å². The summed E-state index contributed by atoms with van der Waals surface area (Å²) < 4.78 is 4.81. The van der Waals surface area contributed by atoms with Gasteiger partial charge in [0.05, 0.1) is 18.4 Å². The van der Waals surface area contributed by atoms with Crippen molar-refractivity contribution in [1.29, 1.82) is 0 Å². The zero-order chi connectivity index (χ0) is 14.3. The number of nitrogens with zero attached hydrogens (tertiary/aromatic N) is 1. The summed E-state index contributed by atoms with van der Waals surface area (Å²) in [5, 5.41) is 11.5. The first kappa shape index (κ1) is 15.2. The lowest BCUT2D eigenvalue weighted by molar-refractivity contribution is -0.133. The van der Waals surface area contributed by atoms with E-state index in [1.807, 2.05) is 6.92 Å². The molecule has 2 amide bonds. The maximum absolute atomic E-state index is 12.1. The molecular formula is C13H20N2O4. The van der Waals surface area contributed by atoms with Gasteiger partial charge in [-0.15, -0.1) is 0 Å². The number of carbonyl (C=O) groups is 2. The van der Waals surface area contributed by atoms with Crippen molar-refractivity contribution in [2.45, 2.75) is 26.3 Å². The zero-order valence-corrected chi connectivity index (χ0v) is 11.3. The Morgan fingerprint density at radius 3 is 2.74 bits per heavy atom. The fourth-order valence-electron chi connectivity index (χ4n) is 1.73. The minimum absolute atomic E-state index is 0.0891. The van der Waals surface area contributed by atoms with Crippen LogP contribution in [-0.4, -0.2) is 47.6 Å². The van der Waals surface area contributed by atoms with E-state index in [1.165, 1.54) is 18.6 Å². The number of hydrogen-bond acceptors (Lipinski definition) is 4. The van der Waals surface area contributed by atoms with Crippen molar-refractivity contribution in [2.24, 2.45) is 0 Å². The molecule has 0 aliphatic heterocycles. The van der Waals surface area contributed by atoms with Gasteiger partial charge in [0, 0.05) is 13.1 Å². The molecule has 1 aromatic heterocycles. The van der Waals surface area contributed by atoms with E-state index in [0.29, 0.717) is 12.1 Å². The Kier molecular flexibility index (Phi) is 6.08. The average Bonchev–Trinajstić information content (AvgIpc) is 2.91. The molecule has 0 spiro atoms. The molecule has 6 heteroatoms. The van der Waals surface area contributed by atoms with E-state index in [1.54, 1.807) is 11.8 Å². The predicted molar refractivity (Wildman–Crippen MR) is 69.6 cm³/mol. The van der Waals surface area contributed by atoms with Gasteiger partial charge in [-0.25, -0.2) is 0 Å². The monoisotopic (exact) mass is 268 g/mol. The van der Waals surface area contributed by atoms with Gasteiger partial charge in [-0.1, -0.05) is 6.92 Å². The minimum Gasteiger partial charge on any atom is -0.472 e. The number of aliphatic hydroxyl groups is 1. The molecule has 1 heterocycles. The predicted octanol–water partition coefficient (Wildman–Crippen LogP) is 0.629. The molecule has 0 bridgehead atoms. The van der Waals surface area contributed by atoms with Gasteiger partial charge in [0.15, 0.2) is 0 Å². The van der Waals surface area contributed by atoms with E-state index < -0.39 is 6.04 Å². The van der Waals surface area contributed by atoms with Crippen molar-refractivity contribution in [3.63, 3.8) is 0 Å². The van der Waals surface area contributed by atoms with Crippen LogP contribution in [-0.2, 0) is 4.79 Å². The number of nitrogens with one attached hydrogen (secondary N) is 1.